The Balaban J connectivity index is 2.34. The molecule has 1 aromatic heterocycles. The fraction of sp³-hybridized carbons (Fsp3) is 0.367. The minimum absolute atomic E-state index is 0.0548. The van der Waals surface area contributed by atoms with Crippen LogP contribution in [0, 0.1) is 3.57 Å². The molecule has 0 saturated heterocycles. The van der Waals surface area contributed by atoms with Crippen LogP contribution in [0.3, 0.4) is 0 Å². The van der Waals surface area contributed by atoms with Crippen molar-refractivity contribution >= 4 is 68.9 Å². The van der Waals surface area contributed by atoms with Crippen LogP contribution in [0.4, 0.5) is 15.3 Å². The number of methoxy groups -OCH3 is 1. The zero-order chi connectivity index (χ0) is 30.5. The van der Waals surface area contributed by atoms with Crippen molar-refractivity contribution in [1.29, 1.82) is 0 Å². The summed E-state index contributed by atoms with van der Waals surface area (Å²) in [5, 5.41) is 0.473. The Hall–Kier alpha value is -3.25. The second kappa shape index (κ2) is 13.2. The molecule has 3 rings (SSSR count). The molecule has 220 valence electrons. The minimum atomic E-state index is -0.847. The number of rotatable bonds is 7. The molecule has 0 saturated carbocycles. The standard InChI is InChI=1S/C30H34ClIN2O7/c1-29(2,3)40-27(36)33(15-11-14-31)21-17-23(39-18-19-12-9-8-10-13-19)25-20(24(21)32)16-22(26(35)38-7)34(25)28(37)41-30(4,5)6/h8-14,16-17H,15,18H2,1-7H3/b14-11+. The van der Waals surface area contributed by atoms with E-state index < -0.39 is 29.4 Å². The molecule has 0 atom stereocenters. The predicted octanol–water partition coefficient (Wildman–Crippen LogP) is 7.89. The first-order chi connectivity index (χ1) is 19.2. The SMILES string of the molecule is COC(=O)c1cc2c(I)c(N(C/C=C/Cl)C(=O)OC(C)(C)C)cc(OCc3ccccc3)c2n1C(=O)OC(C)(C)C. The van der Waals surface area contributed by atoms with Crippen molar-refractivity contribution in [2.75, 3.05) is 18.6 Å². The number of benzene rings is 2. The summed E-state index contributed by atoms with van der Waals surface area (Å²) in [7, 11) is 1.23. The Morgan fingerprint density at radius 1 is 1.00 bits per heavy atom. The molecule has 1 amide bonds. The third kappa shape index (κ3) is 8.16. The first-order valence-corrected chi connectivity index (χ1v) is 14.3. The van der Waals surface area contributed by atoms with Crippen LogP contribution < -0.4 is 9.64 Å². The second-order valence-corrected chi connectivity index (χ2v) is 12.4. The summed E-state index contributed by atoms with van der Waals surface area (Å²) in [6.07, 6.45) is 0.204. The van der Waals surface area contributed by atoms with E-state index in [-0.39, 0.29) is 24.6 Å². The summed E-state index contributed by atoms with van der Waals surface area (Å²) in [5.74, 6) is -0.504. The van der Waals surface area contributed by atoms with Gasteiger partial charge < -0.3 is 18.9 Å². The van der Waals surface area contributed by atoms with Gasteiger partial charge in [0.15, 0.2) is 0 Å². The third-order valence-corrected chi connectivity index (χ3v) is 6.76. The Kier molecular flexibility index (Phi) is 10.4. The summed E-state index contributed by atoms with van der Waals surface area (Å²) in [4.78, 5) is 41.2. The first kappa shape index (κ1) is 32.3. The van der Waals surface area contributed by atoms with E-state index >= 15 is 0 Å². The van der Waals surface area contributed by atoms with E-state index in [1.165, 1.54) is 23.6 Å². The largest absolute Gasteiger partial charge is 0.487 e. The summed E-state index contributed by atoms with van der Waals surface area (Å²) >= 11 is 7.90. The molecule has 0 N–H and O–H groups in total. The maximum absolute atomic E-state index is 13.5. The number of ether oxygens (including phenoxy) is 4. The van der Waals surface area contributed by atoms with E-state index in [0.717, 1.165) is 10.1 Å². The van der Waals surface area contributed by atoms with Gasteiger partial charge in [-0.25, -0.2) is 19.0 Å². The van der Waals surface area contributed by atoms with Crippen LogP contribution in [0.5, 0.6) is 5.75 Å². The van der Waals surface area contributed by atoms with Crippen LogP contribution in [-0.4, -0.2) is 47.6 Å². The van der Waals surface area contributed by atoms with Gasteiger partial charge in [-0.1, -0.05) is 48.0 Å². The van der Waals surface area contributed by atoms with Crippen LogP contribution in [0.2, 0.25) is 0 Å². The average molecular weight is 697 g/mol. The maximum Gasteiger partial charge on any atom is 0.419 e. The van der Waals surface area contributed by atoms with Gasteiger partial charge in [0, 0.05) is 27.1 Å². The van der Waals surface area contributed by atoms with Gasteiger partial charge >= 0.3 is 18.2 Å². The summed E-state index contributed by atoms with van der Waals surface area (Å²) in [6.45, 7) is 10.7. The number of hydrogen-bond acceptors (Lipinski definition) is 7. The molecule has 0 aliphatic carbocycles. The number of amides is 1. The maximum atomic E-state index is 13.5. The predicted molar refractivity (Wildman–Crippen MR) is 167 cm³/mol. The molecular weight excluding hydrogens is 663 g/mol. The van der Waals surface area contributed by atoms with Gasteiger partial charge in [-0.3, -0.25) is 4.90 Å². The fourth-order valence-corrected chi connectivity index (χ4v) is 4.78. The number of nitrogens with zero attached hydrogens (tertiary/aromatic N) is 2. The van der Waals surface area contributed by atoms with Gasteiger partial charge in [-0.2, -0.15) is 0 Å². The molecule has 9 nitrogen and oxygen atoms in total. The number of carbonyl (C=O) groups is 3. The Morgan fingerprint density at radius 3 is 2.20 bits per heavy atom. The van der Waals surface area contributed by atoms with E-state index in [9.17, 15) is 14.4 Å². The zero-order valence-electron chi connectivity index (χ0n) is 24.1. The van der Waals surface area contributed by atoms with Crippen molar-refractivity contribution in [3.05, 3.63) is 68.9 Å². The molecule has 0 spiro atoms. The van der Waals surface area contributed by atoms with E-state index in [4.69, 9.17) is 30.5 Å². The van der Waals surface area contributed by atoms with E-state index in [0.29, 0.717) is 20.2 Å². The zero-order valence-corrected chi connectivity index (χ0v) is 27.0. The number of fused-ring (bicyclic) bond motifs is 1. The highest BCUT2D eigenvalue weighted by molar-refractivity contribution is 14.1. The lowest BCUT2D eigenvalue weighted by Gasteiger charge is -2.28. The quantitative estimate of drug-likeness (QED) is 0.141. The van der Waals surface area contributed by atoms with Crippen LogP contribution in [-0.2, 0) is 20.8 Å². The molecule has 11 heteroatoms. The molecule has 0 aliphatic heterocycles. The molecule has 0 aliphatic rings. The van der Waals surface area contributed by atoms with Gasteiger partial charge in [-0.05, 0) is 75.8 Å². The number of carbonyl (C=O) groups excluding carboxylic acids is 3. The highest BCUT2D eigenvalue weighted by atomic mass is 127. The highest BCUT2D eigenvalue weighted by Crippen LogP contribution is 2.40. The number of anilines is 1. The van der Waals surface area contributed by atoms with E-state index in [1.807, 2.05) is 30.3 Å². The topological polar surface area (TPSA) is 96.3 Å². The molecule has 0 fully saturated rings. The smallest absolute Gasteiger partial charge is 0.419 e. The molecule has 1 heterocycles. The number of halogens is 2. The Labute approximate surface area is 258 Å². The van der Waals surface area contributed by atoms with Crippen molar-refractivity contribution in [2.45, 2.75) is 59.4 Å². The van der Waals surface area contributed by atoms with Gasteiger partial charge in [-0.15, -0.1) is 0 Å². The lowest BCUT2D eigenvalue weighted by molar-refractivity contribution is 0.0489. The normalized spacial score (nSPS) is 11.9. The lowest BCUT2D eigenvalue weighted by Crippen LogP contribution is -2.37. The summed E-state index contributed by atoms with van der Waals surface area (Å²) < 4.78 is 24.3. The second-order valence-electron chi connectivity index (χ2n) is 11.0. The van der Waals surface area contributed by atoms with E-state index in [2.05, 4.69) is 22.6 Å². The van der Waals surface area contributed by atoms with Crippen molar-refractivity contribution in [1.82, 2.24) is 4.57 Å². The van der Waals surface area contributed by atoms with Crippen LogP contribution in [0.25, 0.3) is 10.9 Å². The van der Waals surface area contributed by atoms with Crippen molar-refractivity contribution in [3.8, 4) is 5.75 Å². The molecule has 0 bridgehead atoms. The number of aromatic nitrogens is 1. The lowest BCUT2D eigenvalue weighted by atomic mass is 10.2. The first-order valence-electron chi connectivity index (χ1n) is 12.8. The molecule has 0 radical (unpaired) electrons. The molecule has 41 heavy (non-hydrogen) atoms. The fourth-order valence-electron chi connectivity index (χ4n) is 3.84. The van der Waals surface area contributed by atoms with Gasteiger partial charge in [0.25, 0.3) is 0 Å². The van der Waals surface area contributed by atoms with Crippen molar-refractivity contribution in [2.24, 2.45) is 0 Å². The molecule has 3 aromatic rings. The molecule has 0 unspecified atom stereocenters. The minimum Gasteiger partial charge on any atom is -0.487 e. The van der Waals surface area contributed by atoms with Crippen molar-refractivity contribution < 1.29 is 33.3 Å². The Bertz CT molecular complexity index is 1450. The third-order valence-electron chi connectivity index (χ3n) is 5.45. The van der Waals surface area contributed by atoms with Crippen LogP contribution >= 0.6 is 34.2 Å². The van der Waals surface area contributed by atoms with Gasteiger partial charge in [0.05, 0.1) is 12.8 Å². The number of hydrogen-bond donors (Lipinski definition) is 0. The number of esters is 1. The van der Waals surface area contributed by atoms with Gasteiger partial charge in [0.2, 0.25) is 0 Å². The Morgan fingerprint density at radius 2 is 1.63 bits per heavy atom. The molecule has 2 aromatic carbocycles. The van der Waals surface area contributed by atoms with Crippen LogP contribution in [0.15, 0.2) is 54.1 Å². The van der Waals surface area contributed by atoms with E-state index in [1.54, 1.807) is 53.7 Å². The molecular formula is C30H34ClIN2O7. The van der Waals surface area contributed by atoms with Gasteiger partial charge in [0.1, 0.15) is 34.8 Å². The average Bonchev–Trinajstić information content (AvgIpc) is 3.29. The van der Waals surface area contributed by atoms with Crippen LogP contribution in [0.1, 0.15) is 57.6 Å². The summed E-state index contributed by atoms with van der Waals surface area (Å²) in [6, 6.07) is 12.6. The summed E-state index contributed by atoms with van der Waals surface area (Å²) in [5.41, 5.74) is 1.24. The highest BCUT2D eigenvalue weighted by Gasteiger charge is 2.32. The van der Waals surface area contributed by atoms with Crippen molar-refractivity contribution in [3.63, 3.8) is 0 Å². The monoisotopic (exact) mass is 696 g/mol.